The van der Waals surface area contributed by atoms with E-state index in [1.165, 1.54) is 6.07 Å². The molecule has 1 unspecified atom stereocenters. The van der Waals surface area contributed by atoms with Crippen LogP contribution in [0.2, 0.25) is 0 Å². The zero-order chi connectivity index (χ0) is 22.2. The first kappa shape index (κ1) is 22.0. The number of halogens is 3. The van der Waals surface area contributed by atoms with Crippen molar-refractivity contribution in [1.29, 1.82) is 0 Å². The fraction of sp³-hybridized carbons (Fsp3) is 0.478. The molecule has 0 N–H and O–H groups in total. The molecular formula is C23H24F3NO3S. The van der Waals surface area contributed by atoms with Crippen molar-refractivity contribution >= 4 is 11.3 Å². The fourth-order valence-corrected chi connectivity index (χ4v) is 5.74. The molecule has 4 rings (SSSR count). The van der Waals surface area contributed by atoms with Crippen LogP contribution in [-0.4, -0.2) is 38.3 Å². The monoisotopic (exact) mass is 451 g/mol. The first-order valence-electron chi connectivity index (χ1n) is 10.0. The van der Waals surface area contributed by atoms with Crippen LogP contribution in [0.5, 0.6) is 11.5 Å². The van der Waals surface area contributed by atoms with Gasteiger partial charge in [0.2, 0.25) is 0 Å². The number of hydrogen-bond donors (Lipinski definition) is 0. The van der Waals surface area contributed by atoms with Gasteiger partial charge in [-0.15, -0.1) is 17.8 Å². The standard InChI is InChI=1S/C23H24F3NO3S/c1-4-17-13-22(21-15(7-10-30-22)11-20(31-21)23(24,25)26)8-9-27(17)14-16-5-6-18(28-2)12-19(16)29-3/h1,5-6,11-12,17H,7-10,13-14H2,2-3H3/t17?,22-/m0/s1. The minimum atomic E-state index is -4.35. The molecule has 0 aliphatic carbocycles. The zero-order valence-electron chi connectivity index (χ0n) is 17.4. The van der Waals surface area contributed by atoms with Gasteiger partial charge in [-0.3, -0.25) is 4.90 Å². The lowest BCUT2D eigenvalue weighted by Gasteiger charge is -2.46. The number of ether oxygens (including phenoxy) is 3. The summed E-state index contributed by atoms with van der Waals surface area (Å²) in [5.74, 6) is 4.25. The first-order valence-corrected chi connectivity index (χ1v) is 10.9. The molecule has 166 valence electrons. The van der Waals surface area contributed by atoms with E-state index in [0.717, 1.165) is 22.5 Å². The van der Waals surface area contributed by atoms with Crippen LogP contribution in [0.3, 0.4) is 0 Å². The van der Waals surface area contributed by atoms with Crippen LogP contribution in [0, 0.1) is 12.3 Å². The Kier molecular flexibility index (Phi) is 5.95. The number of methoxy groups -OCH3 is 2. The Labute approximate surface area is 183 Å². The Morgan fingerprint density at radius 3 is 2.77 bits per heavy atom. The highest BCUT2D eigenvalue weighted by Crippen LogP contribution is 2.49. The van der Waals surface area contributed by atoms with Crippen LogP contribution in [0.15, 0.2) is 24.3 Å². The van der Waals surface area contributed by atoms with Gasteiger partial charge in [-0.2, -0.15) is 13.2 Å². The second kappa shape index (κ2) is 8.38. The molecule has 1 spiro atoms. The lowest BCUT2D eigenvalue weighted by Crippen LogP contribution is -2.50. The summed E-state index contributed by atoms with van der Waals surface area (Å²) in [7, 11) is 3.20. The van der Waals surface area contributed by atoms with E-state index < -0.39 is 16.7 Å². The van der Waals surface area contributed by atoms with E-state index in [2.05, 4.69) is 10.8 Å². The molecule has 2 aliphatic rings. The van der Waals surface area contributed by atoms with E-state index in [1.807, 2.05) is 18.2 Å². The van der Waals surface area contributed by atoms with Gasteiger partial charge in [0.05, 0.1) is 26.9 Å². The van der Waals surface area contributed by atoms with Gasteiger partial charge >= 0.3 is 6.18 Å². The van der Waals surface area contributed by atoms with E-state index in [4.69, 9.17) is 20.6 Å². The molecule has 0 radical (unpaired) electrons. The number of hydrogen-bond acceptors (Lipinski definition) is 5. The topological polar surface area (TPSA) is 30.9 Å². The third kappa shape index (κ3) is 4.14. The van der Waals surface area contributed by atoms with Crippen LogP contribution < -0.4 is 9.47 Å². The van der Waals surface area contributed by atoms with Crippen LogP contribution in [0.4, 0.5) is 13.2 Å². The first-order chi connectivity index (χ1) is 14.8. The van der Waals surface area contributed by atoms with Gasteiger partial charge in [-0.05, 0) is 30.5 Å². The Hall–Kier alpha value is -2.21. The largest absolute Gasteiger partial charge is 0.497 e. The molecule has 2 atom stereocenters. The van der Waals surface area contributed by atoms with Crippen molar-refractivity contribution in [1.82, 2.24) is 4.90 Å². The molecule has 0 saturated carbocycles. The number of thiophene rings is 1. The molecule has 0 bridgehead atoms. The number of benzene rings is 1. The number of rotatable bonds is 4. The Balaban J connectivity index is 1.58. The van der Waals surface area contributed by atoms with Crippen LogP contribution in [0.1, 0.15) is 33.7 Å². The van der Waals surface area contributed by atoms with Gasteiger partial charge in [0.1, 0.15) is 22.0 Å². The van der Waals surface area contributed by atoms with E-state index in [0.29, 0.717) is 55.3 Å². The maximum absolute atomic E-state index is 13.3. The van der Waals surface area contributed by atoms with E-state index >= 15 is 0 Å². The molecule has 3 heterocycles. The average Bonchev–Trinajstić information content (AvgIpc) is 3.22. The maximum atomic E-state index is 13.3. The SMILES string of the molecule is C#CC1C[C@]2(CCN1Cc1ccc(OC)cc1OC)OCCc1cc(C(F)(F)F)sc12. The number of alkyl halides is 3. The molecule has 1 aromatic heterocycles. The molecule has 1 saturated heterocycles. The third-order valence-electron chi connectivity index (χ3n) is 6.08. The number of piperidine rings is 1. The third-order valence-corrected chi connectivity index (χ3v) is 7.49. The number of terminal acetylenes is 1. The highest BCUT2D eigenvalue weighted by Gasteiger charge is 2.47. The quantitative estimate of drug-likeness (QED) is 0.622. The molecule has 8 heteroatoms. The highest BCUT2D eigenvalue weighted by molar-refractivity contribution is 7.12. The molecule has 0 amide bonds. The number of fused-ring (bicyclic) bond motifs is 2. The van der Waals surface area contributed by atoms with Gasteiger partial charge < -0.3 is 14.2 Å². The van der Waals surface area contributed by atoms with Gasteiger partial charge in [0.25, 0.3) is 0 Å². The van der Waals surface area contributed by atoms with Gasteiger partial charge in [0, 0.05) is 36.0 Å². The lowest BCUT2D eigenvalue weighted by molar-refractivity contribution is -0.134. The minimum Gasteiger partial charge on any atom is -0.497 e. The number of nitrogens with zero attached hydrogens (tertiary/aromatic N) is 1. The average molecular weight is 452 g/mol. The second-order valence-electron chi connectivity index (χ2n) is 7.84. The predicted molar refractivity (Wildman–Crippen MR) is 112 cm³/mol. The van der Waals surface area contributed by atoms with Crippen molar-refractivity contribution in [2.45, 2.75) is 43.6 Å². The lowest BCUT2D eigenvalue weighted by atomic mass is 9.81. The molecular weight excluding hydrogens is 427 g/mol. The Morgan fingerprint density at radius 2 is 2.10 bits per heavy atom. The van der Waals surface area contributed by atoms with E-state index in [1.54, 1.807) is 14.2 Å². The molecule has 31 heavy (non-hydrogen) atoms. The molecule has 1 fully saturated rings. The molecule has 2 aliphatic heterocycles. The molecule has 1 aromatic carbocycles. The number of likely N-dealkylation sites (tertiary alicyclic amines) is 1. The van der Waals surface area contributed by atoms with Crippen molar-refractivity contribution in [3.63, 3.8) is 0 Å². The fourth-order valence-electron chi connectivity index (χ4n) is 4.48. The zero-order valence-corrected chi connectivity index (χ0v) is 18.2. The summed E-state index contributed by atoms with van der Waals surface area (Å²) in [6.07, 6.45) is 3.08. The summed E-state index contributed by atoms with van der Waals surface area (Å²) < 4.78 is 56.8. The highest BCUT2D eigenvalue weighted by atomic mass is 32.1. The van der Waals surface area contributed by atoms with E-state index in [-0.39, 0.29) is 6.04 Å². The second-order valence-corrected chi connectivity index (χ2v) is 8.89. The van der Waals surface area contributed by atoms with Gasteiger partial charge in [-0.1, -0.05) is 12.0 Å². The van der Waals surface area contributed by atoms with Crippen LogP contribution in [-0.2, 0) is 29.5 Å². The van der Waals surface area contributed by atoms with Crippen molar-refractivity contribution in [3.05, 3.63) is 45.1 Å². The summed E-state index contributed by atoms with van der Waals surface area (Å²) in [6, 6.07) is 6.66. The predicted octanol–water partition coefficient (Wildman–Crippen LogP) is 4.85. The summed E-state index contributed by atoms with van der Waals surface area (Å²) in [5, 5.41) is 0. The summed E-state index contributed by atoms with van der Waals surface area (Å²) in [4.78, 5) is 2.28. The van der Waals surface area contributed by atoms with Gasteiger partial charge in [0.15, 0.2) is 0 Å². The van der Waals surface area contributed by atoms with Crippen molar-refractivity contribution in [2.75, 3.05) is 27.4 Å². The van der Waals surface area contributed by atoms with Crippen molar-refractivity contribution < 1.29 is 27.4 Å². The normalized spacial score (nSPS) is 23.9. The molecule has 4 nitrogen and oxygen atoms in total. The van der Waals surface area contributed by atoms with Crippen molar-refractivity contribution in [2.24, 2.45) is 0 Å². The maximum Gasteiger partial charge on any atom is 0.425 e. The Morgan fingerprint density at radius 1 is 1.29 bits per heavy atom. The summed E-state index contributed by atoms with van der Waals surface area (Å²) in [5.41, 5.74) is 0.962. The molecule has 2 aromatic rings. The van der Waals surface area contributed by atoms with Gasteiger partial charge in [-0.25, -0.2) is 0 Å². The van der Waals surface area contributed by atoms with Crippen molar-refractivity contribution in [3.8, 4) is 23.8 Å². The Bertz CT molecular complexity index is 997. The van der Waals surface area contributed by atoms with Crippen LogP contribution >= 0.6 is 11.3 Å². The minimum absolute atomic E-state index is 0.261. The van der Waals surface area contributed by atoms with E-state index in [9.17, 15) is 13.2 Å². The summed E-state index contributed by atoms with van der Waals surface area (Å²) >= 11 is 0.805. The van der Waals surface area contributed by atoms with Crippen LogP contribution in [0.25, 0.3) is 0 Å². The summed E-state index contributed by atoms with van der Waals surface area (Å²) in [6.45, 7) is 1.59. The smallest absolute Gasteiger partial charge is 0.425 e.